The zero-order valence-corrected chi connectivity index (χ0v) is 10.1. The molecule has 0 aliphatic carbocycles. The molecule has 0 aliphatic heterocycles. The van der Waals surface area contributed by atoms with Crippen molar-refractivity contribution in [1.82, 2.24) is 0 Å². The molecule has 2 nitrogen and oxygen atoms in total. The Balaban J connectivity index is 2.47. The van der Waals surface area contributed by atoms with Crippen LogP contribution in [-0.2, 0) is 4.79 Å². The monoisotopic (exact) mass is 278 g/mol. The fourth-order valence-corrected chi connectivity index (χ4v) is 1.67. The van der Waals surface area contributed by atoms with E-state index in [1.54, 1.807) is 0 Å². The summed E-state index contributed by atoms with van der Waals surface area (Å²) >= 11 is 0. The van der Waals surface area contributed by atoms with Gasteiger partial charge >= 0.3 is 5.97 Å². The molecule has 0 saturated carbocycles. The Bertz CT molecular complexity index is 676. The van der Waals surface area contributed by atoms with Crippen LogP contribution in [-0.4, -0.2) is 11.1 Å². The molecule has 0 atom stereocenters. The molecule has 0 saturated heterocycles. The Morgan fingerprint density at radius 1 is 0.950 bits per heavy atom. The van der Waals surface area contributed by atoms with Crippen LogP contribution in [0.25, 0.3) is 11.6 Å². The predicted molar refractivity (Wildman–Crippen MR) is 68.3 cm³/mol. The fraction of sp³-hybridized carbons (Fsp3) is 0. The number of carboxylic acid groups (broad SMARTS) is 1. The van der Waals surface area contributed by atoms with Gasteiger partial charge in [-0.2, -0.15) is 0 Å². The molecule has 2 aromatic rings. The molecule has 0 spiro atoms. The number of rotatable bonds is 3. The molecule has 2 rings (SSSR count). The molecule has 0 aliphatic rings. The Hall–Kier alpha value is -2.56. The van der Waals surface area contributed by atoms with Gasteiger partial charge in [-0.05, 0) is 41.5 Å². The van der Waals surface area contributed by atoms with E-state index < -0.39 is 23.4 Å². The van der Waals surface area contributed by atoms with Gasteiger partial charge in [0.15, 0.2) is 11.6 Å². The molecule has 5 heteroatoms. The molecule has 102 valence electrons. The van der Waals surface area contributed by atoms with E-state index in [9.17, 15) is 18.0 Å². The number of aliphatic carboxylic acids is 1. The van der Waals surface area contributed by atoms with Gasteiger partial charge in [0.2, 0.25) is 0 Å². The van der Waals surface area contributed by atoms with Crippen molar-refractivity contribution in [2.24, 2.45) is 0 Å². The van der Waals surface area contributed by atoms with Crippen LogP contribution in [0.2, 0.25) is 0 Å². The van der Waals surface area contributed by atoms with Crippen LogP contribution in [0.3, 0.4) is 0 Å². The van der Waals surface area contributed by atoms with Gasteiger partial charge in [-0.15, -0.1) is 0 Å². The van der Waals surface area contributed by atoms with Crippen molar-refractivity contribution in [1.29, 1.82) is 0 Å². The molecule has 1 N–H and O–H groups in total. The number of carbonyl (C=O) groups is 1. The first-order chi connectivity index (χ1) is 9.47. The van der Waals surface area contributed by atoms with Gasteiger partial charge in [-0.1, -0.05) is 18.2 Å². The second-order valence-corrected chi connectivity index (χ2v) is 4.04. The molecular weight excluding hydrogens is 269 g/mol. The lowest BCUT2D eigenvalue weighted by Crippen LogP contribution is -2.00. The number of benzene rings is 2. The van der Waals surface area contributed by atoms with Crippen LogP contribution in [0.4, 0.5) is 13.2 Å². The molecule has 2 aromatic carbocycles. The highest BCUT2D eigenvalue weighted by Crippen LogP contribution is 2.20. The molecule has 0 fully saturated rings. The topological polar surface area (TPSA) is 37.3 Å². The van der Waals surface area contributed by atoms with Crippen molar-refractivity contribution in [3.8, 4) is 0 Å². The molecular formula is C15H9F3O2. The standard InChI is InChI=1S/C15H9F3O2/c16-11-4-2-10(3-5-11)12(15(19)20)7-9-1-6-13(17)14(18)8-9/h1-8H,(H,19,20). The zero-order valence-electron chi connectivity index (χ0n) is 10.1. The van der Waals surface area contributed by atoms with Crippen molar-refractivity contribution >= 4 is 17.6 Å². The average molecular weight is 278 g/mol. The zero-order chi connectivity index (χ0) is 14.7. The van der Waals surface area contributed by atoms with Gasteiger partial charge in [0, 0.05) is 0 Å². The van der Waals surface area contributed by atoms with Gasteiger partial charge in [0.1, 0.15) is 5.82 Å². The Kier molecular flexibility index (Phi) is 3.89. The van der Waals surface area contributed by atoms with Crippen molar-refractivity contribution in [3.05, 3.63) is 71.0 Å². The van der Waals surface area contributed by atoms with Crippen LogP contribution in [0.1, 0.15) is 11.1 Å². The third-order valence-corrected chi connectivity index (χ3v) is 2.64. The van der Waals surface area contributed by atoms with Crippen LogP contribution in [0.5, 0.6) is 0 Å². The molecule has 0 heterocycles. The maximum Gasteiger partial charge on any atom is 0.336 e. The lowest BCUT2D eigenvalue weighted by molar-refractivity contribution is -0.130. The maximum atomic E-state index is 13.1. The van der Waals surface area contributed by atoms with Crippen molar-refractivity contribution in [2.75, 3.05) is 0 Å². The SMILES string of the molecule is O=C(O)C(=Cc1ccc(F)c(F)c1)c1ccc(F)cc1. The molecule has 0 unspecified atom stereocenters. The van der Waals surface area contributed by atoms with E-state index in [4.69, 9.17) is 5.11 Å². The largest absolute Gasteiger partial charge is 0.478 e. The quantitative estimate of drug-likeness (QED) is 0.686. The van der Waals surface area contributed by atoms with E-state index in [2.05, 4.69) is 0 Å². The number of carboxylic acids is 1. The van der Waals surface area contributed by atoms with E-state index in [1.807, 2.05) is 0 Å². The number of halogens is 3. The minimum atomic E-state index is -1.25. The van der Waals surface area contributed by atoms with Crippen molar-refractivity contribution < 1.29 is 23.1 Å². The summed E-state index contributed by atoms with van der Waals surface area (Å²) < 4.78 is 38.7. The van der Waals surface area contributed by atoms with Crippen LogP contribution >= 0.6 is 0 Å². The first-order valence-corrected chi connectivity index (χ1v) is 5.63. The first-order valence-electron chi connectivity index (χ1n) is 5.63. The average Bonchev–Trinajstić information content (AvgIpc) is 2.41. The normalized spacial score (nSPS) is 11.4. The van der Waals surface area contributed by atoms with E-state index in [0.29, 0.717) is 0 Å². The van der Waals surface area contributed by atoms with E-state index in [1.165, 1.54) is 24.3 Å². The van der Waals surface area contributed by atoms with Gasteiger partial charge in [0.25, 0.3) is 0 Å². The smallest absolute Gasteiger partial charge is 0.336 e. The molecule has 0 aromatic heterocycles. The van der Waals surface area contributed by atoms with Crippen molar-refractivity contribution in [2.45, 2.75) is 0 Å². The highest BCUT2D eigenvalue weighted by molar-refractivity contribution is 6.20. The van der Waals surface area contributed by atoms with Crippen LogP contribution in [0, 0.1) is 17.5 Å². The summed E-state index contributed by atoms with van der Waals surface area (Å²) in [7, 11) is 0. The lowest BCUT2D eigenvalue weighted by Gasteiger charge is -2.03. The van der Waals surface area contributed by atoms with E-state index in [0.717, 1.165) is 24.3 Å². The third-order valence-electron chi connectivity index (χ3n) is 2.64. The predicted octanol–water partition coefficient (Wildman–Crippen LogP) is 3.73. The molecule has 0 radical (unpaired) electrons. The summed E-state index contributed by atoms with van der Waals surface area (Å²) in [6, 6.07) is 7.90. The Labute approximate surface area is 112 Å². The highest BCUT2D eigenvalue weighted by Gasteiger charge is 2.11. The summed E-state index contributed by atoms with van der Waals surface area (Å²) in [5.41, 5.74) is 0.324. The van der Waals surface area contributed by atoms with Crippen molar-refractivity contribution in [3.63, 3.8) is 0 Å². The van der Waals surface area contributed by atoms with Gasteiger partial charge in [0.05, 0.1) is 5.57 Å². The van der Waals surface area contributed by atoms with Crippen LogP contribution in [0.15, 0.2) is 42.5 Å². The van der Waals surface area contributed by atoms with E-state index >= 15 is 0 Å². The summed E-state index contributed by atoms with van der Waals surface area (Å²) in [6.45, 7) is 0. The van der Waals surface area contributed by atoms with Gasteiger partial charge in [-0.3, -0.25) is 0 Å². The van der Waals surface area contributed by atoms with E-state index in [-0.39, 0.29) is 16.7 Å². The lowest BCUT2D eigenvalue weighted by atomic mass is 10.0. The first kappa shape index (κ1) is 13.9. The minimum Gasteiger partial charge on any atom is -0.478 e. The second kappa shape index (κ2) is 5.61. The van der Waals surface area contributed by atoms with Crippen LogP contribution < -0.4 is 0 Å². The van der Waals surface area contributed by atoms with Gasteiger partial charge < -0.3 is 5.11 Å². The molecule has 20 heavy (non-hydrogen) atoms. The highest BCUT2D eigenvalue weighted by atomic mass is 19.2. The summed E-state index contributed by atoms with van der Waals surface area (Å²) in [5, 5.41) is 9.15. The molecule has 0 amide bonds. The number of hydrogen-bond acceptors (Lipinski definition) is 1. The summed E-state index contributed by atoms with van der Waals surface area (Å²) in [4.78, 5) is 11.2. The third kappa shape index (κ3) is 3.06. The summed E-state index contributed by atoms with van der Waals surface area (Å²) in [6.07, 6.45) is 1.19. The van der Waals surface area contributed by atoms with Gasteiger partial charge in [-0.25, -0.2) is 18.0 Å². The Morgan fingerprint density at radius 3 is 2.15 bits per heavy atom. The molecule has 0 bridgehead atoms. The number of hydrogen-bond donors (Lipinski definition) is 1. The minimum absolute atomic E-state index is 0.143. The Morgan fingerprint density at radius 2 is 1.60 bits per heavy atom. The second-order valence-electron chi connectivity index (χ2n) is 4.04. The fourth-order valence-electron chi connectivity index (χ4n) is 1.67. The maximum absolute atomic E-state index is 13.1. The summed E-state index contributed by atoms with van der Waals surface area (Å²) in [5.74, 6) is -3.82.